The van der Waals surface area contributed by atoms with Crippen LogP contribution in [0, 0.1) is 12.4 Å². The predicted molar refractivity (Wildman–Crippen MR) is 79.6 cm³/mol. The Morgan fingerprint density at radius 1 is 1.24 bits per heavy atom. The molecule has 0 radical (unpaired) electrons. The third kappa shape index (κ3) is 2.22. The molecule has 0 spiro atoms. The average molecular weight is 281 g/mol. The molecule has 0 amide bonds. The molecule has 0 saturated carbocycles. The van der Waals surface area contributed by atoms with Crippen LogP contribution in [0.15, 0.2) is 42.5 Å². The molecule has 0 fully saturated rings. The first kappa shape index (κ1) is 13.8. The topological polar surface area (TPSA) is 13.6 Å². The number of ether oxygens (including phenoxy) is 1. The van der Waals surface area contributed by atoms with Gasteiger partial charge in [-0.3, -0.25) is 0 Å². The zero-order valence-corrected chi connectivity index (χ0v) is 11.9. The summed E-state index contributed by atoms with van der Waals surface area (Å²) in [6.07, 6.45) is 1.80. The molecular weight excluding hydrogens is 265 g/mol. The van der Waals surface area contributed by atoms with Crippen LogP contribution >= 0.6 is 0 Å². The number of nitrogens with zero attached hydrogens (tertiary/aromatic N) is 1. The molecule has 1 heterocycles. The van der Waals surface area contributed by atoms with E-state index in [1.165, 1.54) is 12.1 Å². The Labute approximate surface area is 124 Å². The SMILES string of the molecule is [C-]#[N+]c1ccc2c(c1)COC2(CCC)c1ccc(F)cc1. The summed E-state index contributed by atoms with van der Waals surface area (Å²) < 4.78 is 19.4. The lowest BCUT2D eigenvalue weighted by Crippen LogP contribution is -2.26. The molecule has 1 unspecified atom stereocenters. The maximum Gasteiger partial charge on any atom is 0.187 e. The minimum absolute atomic E-state index is 0.244. The number of benzene rings is 2. The Bertz CT molecular complexity index is 702. The van der Waals surface area contributed by atoms with E-state index in [1.54, 1.807) is 12.1 Å². The number of halogens is 1. The van der Waals surface area contributed by atoms with Crippen LogP contribution in [0.1, 0.15) is 36.5 Å². The third-order valence-corrected chi connectivity index (χ3v) is 4.04. The molecule has 106 valence electrons. The van der Waals surface area contributed by atoms with E-state index in [1.807, 2.05) is 18.2 Å². The molecule has 21 heavy (non-hydrogen) atoms. The smallest absolute Gasteiger partial charge is 0.187 e. The first-order valence-electron chi connectivity index (χ1n) is 7.10. The van der Waals surface area contributed by atoms with Crippen molar-refractivity contribution in [1.29, 1.82) is 0 Å². The second-order valence-corrected chi connectivity index (χ2v) is 5.33. The largest absolute Gasteiger partial charge is 0.361 e. The molecule has 1 atom stereocenters. The van der Waals surface area contributed by atoms with E-state index in [-0.39, 0.29) is 5.82 Å². The van der Waals surface area contributed by atoms with E-state index in [0.29, 0.717) is 12.3 Å². The van der Waals surface area contributed by atoms with E-state index in [0.717, 1.165) is 29.5 Å². The van der Waals surface area contributed by atoms with Crippen molar-refractivity contribution in [2.45, 2.75) is 32.0 Å². The van der Waals surface area contributed by atoms with Gasteiger partial charge in [0.25, 0.3) is 0 Å². The van der Waals surface area contributed by atoms with Gasteiger partial charge in [0.1, 0.15) is 11.4 Å². The minimum atomic E-state index is -0.516. The van der Waals surface area contributed by atoms with Crippen molar-refractivity contribution in [2.75, 3.05) is 0 Å². The number of fused-ring (bicyclic) bond motifs is 1. The summed E-state index contributed by atoms with van der Waals surface area (Å²) >= 11 is 0. The lowest BCUT2D eigenvalue weighted by Gasteiger charge is -2.30. The summed E-state index contributed by atoms with van der Waals surface area (Å²) in [5.74, 6) is -0.244. The highest BCUT2D eigenvalue weighted by Gasteiger charge is 2.40. The van der Waals surface area contributed by atoms with E-state index in [9.17, 15) is 4.39 Å². The highest BCUT2D eigenvalue weighted by Crippen LogP contribution is 2.46. The van der Waals surface area contributed by atoms with Gasteiger partial charge in [0.15, 0.2) is 5.69 Å². The van der Waals surface area contributed by atoms with Gasteiger partial charge in [-0.2, -0.15) is 0 Å². The van der Waals surface area contributed by atoms with Gasteiger partial charge >= 0.3 is 0 Å². The average Bonchev–Trinajstić information content (AvgIpc) is 2.87. The van der Waals surface area contributed by atoms with Crippen molar-refractivity contribution in [2.24, 2.45) is 0 Å². The van der Waals surface area contributed by atoms with Crippen molar-refractivity contribution in [3.63, 3.8) is 0 Å². The molecule has 0 N–H and O–H groups in total. The second kappa shape index (κ2) is 5.31. The van der Waals surface area contributed by atoms with Crippen LogP contribution in [-0.2, 0) is 16.9 Å². The first-order chi connectivity index (χ1) is 10.2. The van der Waals surface area contributed by atoms with Gasteiger partial charge in [-0.25, -0.2) is 9.24 Å². The molecule has 2 aromatic carbocycles. The Morgan fingerprint density at radius 2 is 2.00 bits per heavy atom. The summed E-state index contributed by atoms with van der Waals surface area (Å²) in [4.78, 5) is 3.47. The Balaban J connectivity index is 2.13. The Morgan fingerprint density at radius 3 is 2.67 bits per heavy atom. The molecule has 2 aromatic rings. The molecule has 3 heteroatoms. The minimum Gasteiger partial charge on any atom is -0.361 e. The maximum atomic E-state index is 13.2. The maximum absolute atomic E-state index is 13.2. The molecule has 1 aliphatic heterocycles. The molecule has 3 rings (SSSR count). The van der Waals surface area contributed by atoms with Crippen molar-refractivity contribution in [3.05, 3.63) is 76.4 Å². The highest BCUT2D eigenvalue weighted by atomic mass is 19.1. The third-order valence-electron chi connectivity index (χ3n) is 4.04. The molecule has 0 aromatic heterocycles. The van der Waals surface area contributed by atoms with Crippen LogP contribution < -0.4 is 0 Å². The molecule has 1 aliphatic rings. The Hall–Kier alpha value is -2.18. The molecule has 0 bridgehead atoms. The zero-order valence-electron chi connectivity index (χ0n) is 11.9. The summed E-state index contributed by atoms with van der Waals surface area (Å²) in [5, 5.41) is 0. The standard InChI is InChI=1S/C18H16FNO/c1-3-10-18(14-4-6-15(19)7-5-14)17-9-8-16(20-2)11-13(17)12-21-18/h4-9,11H,3,10,12H2,1H3. The monoisotopic (exact) mass is 281 g/mol. The van der Waals surface area contributed by atoms with Crippen LogP contribution in [0.4, 0.5) is 10.1 Å². The van der Waals surface area contributed by atoms with Gasteiger partial charge in [0.2, 0.25) is 0 Å². The normalized spacial score (nSPS) is 20.0. The van der Waals surface area contributed by atoms with Crippen LogP contribution in [0.2, 0.25) is 0 Å². The Kier molecular flexibility index (Phi) is 3.48. The van der Waals surface area contributed by atoms with Crippen LogP contribution in [-0.4, -0.2) is 0 Å². The van der Waals surface area contributed by atoms with Crippen molar-refractivity contribution >= 4 is 5.69 Å². The van der Waals surface area contributed by atoms with Gasteiger partial charge in [0, 0.05) is 0 Å². The van der Waals surface area contributed by atoms with Gasteiger partial charge in [0.05, 0.1) is 13.2 Å². The fraction of sp³-hybridized carbons (Fsp3) is 0.278. The summed E-state index contributed by atoms with van der Waals surface area (Å²) in [7, 11) is 0. The van der Waals surface area contributed by atoms with E-state index < -0.39 is 5.60 Å². The molecule has 2 nitrogen and oxygen atoms in total. The second-order valence-electron chi connectivity index (χ2n) is 5.33. The van der Waals surface area contributed by atoms with Crippen molar-refractivity contribution in [1.82, 2.24) is 0 Å². The lowest BCUT2D eigenvalue weighted by molar-refractivity contribution is -0.0121. The lowest BCUT2D eigenvalue weighted by atomic mass is 9.82. The van der Waals surface area contributed by atoms with Gasteiger partial charge in [-0.05, 0) is 35.2 Å². The van der Waals surface area contributed by atoms with Gasteiger partial charge < -0.3 is 4.74 Å². The molecule has 0 aliphatic carbocycles. The molecular formula is C18H16FNO. The number of hydrogen-bond donors (Lipinski definition) is 0. The first-order valence-corrected chi connectivity index (χ1v) is 7.10. The van der Waals surface area contributed by atoms with E-state index in [2.05, 4.69) is 11.8 Å². The quantitative estimate of drug-likeness (QED) is 0.726. The molecule has 0 saturated heterocycles. The van der Waals surface area contributed by atoms with Crippen LogP contribution in [0.25, 0.3) is 4.85 Å². The van der Waals surface area contributed by atoms with Crippen molar-refractivity contribution in [3.8, 4) is 0 Å². The fourth-order valence-corrected chi connectivity index (χ4v) is 3.10. The zero-order chi connectivity index (χ0) is 14.9. The number of hydrogen-bond acceptors (Lipinski definition) is 1. The summed E-state index contributed by atoms with van der Waals surface area (Å²) in [5.41, 5.74) is 3.24. The summed E-state index contributed by atoms with van der Waals surface area (Å²) in [6.45, 7) is 9.72. The van der Waals surface area contributed by atoms with Gasteiger partial charge in [-0.15, -0.1) is 0 Å². The van der Waals surface area contributed by atoms with Gasteiger partial charge in [-0.1, -0.05) is 43.7 Å². The van der Waals surface area contributed by atoms with E-state index in [4.69, 9.17) is 11.3 Å². The predicted octanol–water partition coefficient (Wildman–Crippen LogP) is 4.95. The van der Waals surface area contributed by atoms with E-state index >= 15 is 0 Å². The van der Waals surface area contributed by atoms with Crippen LogP contribution in [0.3, 0.4) is 0 Å². The van der Waals surface area contributed by atoms with Crippen LogP contribution in [0.5, 0.6) is 0 Å². The highest BCUT2D eigenvalue weighted by molar-refractivity contribution is 5.54. The fourth-order valence-electron chi connectivity index (χ4n) is 3.10. The number of rotatable bonds is 3. The van der Waals surface area contributed by atoms with Crippen molar-refractivity contribution < 1.29 is 9.13 Å². The summed E-state index contributed by atoms with van der Waals surface area (Å²) in [6, 6.07) is 12.2.